The highest BCUT2D eigenvalue weighted by atomic mass is 35.7. The van der Waals surface area contributed by atoms with Crippen molar-refractivity contribution in [2.75, 3.05) is 0 Å². The van der Waals surface area contributed by atoms with Crippen LogP contribution in [0.4, 0.5) is 0 Å². The Morgan fingerprint density at radius 3 is 1.56 bits per heavy atom. The minimum absolute atomic E-state index is 1.16. The normalized spacial score (nSPS) is 12.0. The molecule has 0 aliphatic rings. The van der Waals surface area contributed by atoms with Gasteiger partial charge in [0.1, 0.15) is 0 Å². The maximum Gasteiger partial charge on any atom is 0.0342 e. The summed E-state index contributed by atoms with van der Waals surface area (Å²) in [7, 11) is 5.59. The first-order valence-electron chi connectivity index (χ1n) is 8.05. The Hall–Kier alpha value is -2.00. The van der Waals surface area contributed by atoms with E-state index in [0.29, 0.717) is 0 Å². The molecule has 0 aliphatic carbocycles. The van der Waals surface area contributed by atoms with Crippen molar-refractivity contribution in [1.82, 2.24) is 0 Å². The van der Waals surface area contributed by atoms with Crippen molar-refractivity contribution in [3.05, 3.63) is 102 Å². The molecule has 0 radical (unpaired) electrons. The topological polar surface area (TPSA) is 0 Å². The molecule has 0 unspecified atom stereocenters. The minimum Gasteiger partial charge on any atom is -0.144 e. The molecule has 1 heterocycles. The molecule has 25 heavy (non-hydrogen) atoms. The van der Waals surface area contributed by atoms with E-state index in [4.69, 9.17) is 10.7 Å². The summed E-state index contributed by atoms with van der Waals surface area (Å²) in [5, 5.41) is 2.11. The fraction of sp³-hybridized carbons (Fsp3) is 0. The third-order valence-corrected chi connectivity index (χ3v) is 9.41. The Morgan fingerprint density at radius 2 is 1.08 bits per heavy atom. The van der Waals surface area contributed by atoms with Crippen molar-refractivity contribution in [3.63, 3.8) is 0 Å². The maximum absolute atomic E-state index is 7.38. The molecular formula is C22H17ClS2. The van der Waals surface area contributed by atoms with Gasteiger partial charge in [-0.1, -0.05) is 74.5 Å². The number of halogens is 1. The van der Waals surface area contributed by atoms with E-state index in [0.717, 1.165) is 14.7 Å². The van der Waals surface area contributed by atoms with E-state index in [2.05, 4.69) is 90.3 Å². The number of benzene rings is 3. The predicted molar refractivity (Wildman–Crippen MR) is 111 cm³/mol. The van der Waals surface area contributed by atoms with Gasteiger partial charge >= 0.3 is 0 Å². The third-order valence-electron chi connectivity index (χ3n) is 4.12. The van der Waals surface area contributed by atoms with Crippen LogP contribution >= 0.6 is 31.3 Å². The molecule has 4 aromatic rings. The Labute approximate surface area is 158 Å². The monoisotopic (exact) mass is 380 g/mol. The summed E-state index contributed by atoms with van der Waals surface area (Å²) >= 11 is 1.76. The summed E-state index contributed by atoms with van der Waals surface area (Å²) in [5.41, 5.74) is 1.23. The summed E-state index contributed by atoms with van der Waals surface area (Å²) in [6.45, 7) is 0. The van der Waals surface area contributed by atoms with Crippen molar-refractivity contribution < 1.29 is 0 Å². The van der Waals surface area contributed by atoms with Crippen molar-refractivity contribution >= 4 is 31.3 Å². The highest BCUT2D eigenvalue weighted by molar-refractivity contribution is 8.51. The van der Waals surface area contributed by atoms with Crippen LogP contribution < -0.4 is 0 Å². The molecule has 0 fully saturated rings. The molecule has 0 amide bonds. The molecule has 0 N–H and O–H groups in total. The molecule has 0 saturated carbocycles. The van der Waals surface area contributed by atoms with E-state index >= 15 is 0 Å². The molecule has 3 heteroatoms. The van der Waals surface area contributed by atoms with E-state index in [1.54, 1.807) is 11.3 Å². The van der Waals surface area contributed by atoms with Crippen LogP contribution in [0.3, 0.4) is 0 Å². The van der Waals surface area contributed by atoms with Crippen molar-refractivity contribution in [1.29, 1.82) is 0 Å². The van der Waals surface area contributed by atoms with Gasteiger partial charge < -0.3 is 0 Å². The largest absolute Gasteiger partial charge is 0.144 e. The zero-order valence-corrected chi connectivity index (χ0v) is 15.9. The van der Waals surface area contributed by atoms with Crippen LogP contribution in [-0.4, -0.2) is 0 Å². The summed E-state index contributed by atoms with van der Waals surface area (Å²) in [4.78, 5) is 4.76. The quantitative estimate of drug-likeness (QED) is 0.338. The van der Waals surface area contributed by atoms with E-state index < -0.39 is 9.24 Å². The average molecular weight is 381 g/mol. The lowest BCUT2D eigenvalue weighted by Crippen LogP contribution is -1.96. The second-order valence-corrected chi connectivity index (χ2v) is 10.5. The van der Waals surface area contributed by atoms with Gasteiger partial charge in [-0.3, -0.25) is 0 Å². The standard InChI is InChI=1S/C22H17ClS2/c23-25(19-8-3-1-4-9-19,20-10-5-2-6-11-20)21-15-13-18(14-16-21)22-12-7-17-24-22/h1-17H. The summed E-state index contributed by atoms with van der Waals surface area (Å²) in [5.74, 6) is 0. The van der Waals surface area contributed by atoms with Gasteiger partial charge in [0.15, 0.2) is 0 Å². The van der Waals surface area contributed by atoms with Gasteiger partial charge in [0.25, 0.3) is 0 Å². The van der Waals surface area contributed by atoms with E-state index in [9.17, 15) is 0 Å². The first-order chi connectivity index (χ1) is 12.3. The molecule has 0 spiro atoms. The zero-order chi connectivity index (χ0) is 17.1. The molecule has 1 aromatic heterocycles. The van der Waals surface area contributed by atoms with Gasteiger partial charge in [0.2, 0.25) is 0 Å². The zero-order valence-electron chi connectivity index (χ0n) is 13.5. The number of hydrogen-bond donors (Lipinski definition) is 0. The lowest BCUT2D eigenvalue weighted by atomic mass is 10.2. The van der Waals surface area contributed by atoms with Crippen molar-refractivity contribution in [2.24, 2.45) is 0 Å². The second kappa shape index (κ2) is 7.09. The maximum atomic E-state index is 7.38. The second-order valence-electron chi connectivity index (χ2n) is 5.67. The van der Waals surface area contributed by atoms with Crippen LogP contribution in [0, 0.1) is 0 Å². The molecule has 0 bridgehead atoms. The van der Waals surface area contributed by atoms with Crippen molar-refractivity contribution in [2.45, 2.75) is 14.7 Å². The molecule has 0 aliphatic heterocycles. The van der Waals surface area contributed by atoms with Crippen LogP contribution in [0.5, 0.6) is 0 Å². The lowest BCUT2D eigenvalue weighted by Gasteiger charge is -2.34. The number of hydrogen-bond acceptors (Lipinski definition) is 1. The molecular weight excluding hydrogens is 364 g/mol. The molecule has 0 saturated heterocycles. The summed E-state index contributed by atoms with van der Waals surface area (Å²) in [6.07, 6.45) is 0. The lowest BCUT2D eigenvalue weighted by molar-refractivity contribution is 1.32. The van der Waals surface area contributed by atoms with E-state index in [-0.39, 0.29) is 0 Å². The number of thiophene rings is 1. The van der Waals surface area contributed by atoms with Crippen LogP contribution in [-0.2, 0) is 0 Å². The van der Waals surface area contributed by atoms with Crippen LogP contribution in [0.2, 0.25) is 0 Å². The van der Waals surface area contributed by atoms with Crippen LogP contribution in [0.25, 0.3) is 10.4 Å². The SMILES string of the molecule is ClS(c1ccccc1)(c1ccccc1)c1ccc(-c2cccs2)cc1. The molecule has 4 rings (SSSR count). The Balaban J connectivity index is 1.84. The van der Waals surface area contributed by atoms with Crippen LogP contribution in [0.1, 0.15) is 0 Å². The Bertz CT molecular complexity index is 891. The van der Waals surface area contributed by atoms with Crippen molar-refractivity contribution in [3.8, 4) is 10.4 Å². The molecule has 0 nitrogen and oxygen atoms in total. The van der Waals surface area contributed by atoms with Gasteiger partial charge in [-0.15, -0.1) is 11.3 Å². The molecule has 3 aromatic carbocycles. The fourth-order valence-corrected chi connectivity index (χ4v) is 6.92. The molecule has 124 valence electrons. The van der Waals surface area contributed by atoms with Crippen LogP contribution in [0.15, 0.2) is 117 Å². The molecule has 0 atom stereocenters. The summed E-state index contributed by atoms with van der Waals surface area (Å²) < 4.78 is 0. The summed E-state index contributed by atoms with van der Waals surface area (Å²) in [6, 6.07) is 33.7. The van der Waals surface area contributed by atoms with E-state index in [1.807, 2.05) is 12.1 Å². The average Bonchev–Trinajstić information content (AvgIpc) is 3.24. The first-order valence-corrected chi connectivity index (χ1v) is 11.4. The van der Waals surface area contributed by atoms with Gasteiger partial charge in [0.05, 0.1) is 0 Å². The first kappa shape index (κ1) is 16.5. The highest BCUT2D eigenvalue weighted by Gasteiger charge is 2.28. The fourth-order valence-electron chi connectivity index (χ4n) is 2.87. The smallest absolute Gasteiger partial charge is 0.0342 e. The van der Waals surface area contributed by atoms with Gasteiger partial charge in [0, 0.05) is 19.6 Å². The Kier molecular flexibility index (Phi) is 4.67. The minimum atomic E-state index is -1.79. The van der Waals surface area contributed by atoms with E-state index in [1.165, 1.54) is 10.4 Å². The van der Waals surface area contributed by atoms with Gasteiger partial charge in [-0.25, -0.2) is 0 Å². The van der Waals surface area contributed by atoms with Gasteiger partial charge in [-0.05, 0) is 53.4 Å². The Morgan fingerprint density at radius 1 is 0.560 bits per heavy atom. The van der Waals surface area contributed by atoms with Gasteiger partial charge in [-0.2, -0.15) is 0 Å². The predicted octanol–water partition coefficient (Wildman–Crippen LogP) is 7.85. The highest BCUT2D eigenvalue weighted by Crippen LogP contribution is 2.72. The number of rotatable bonds is 4. The third kappa shape index (κ3) is 3.13.